The van der Waals surface area contributed by atoms with Crippen LogP contribution in [0, 0.1) is 5.82 Å². The summed E-state index contributed by atoms with van der Waals surface area (Å²) in [5, 5.41) is 21.9. The van der Waals surface area contributed by atoms with Crippen molar-refractivity contribution in [3.63, 3.8) is 0 Å². The minimum atomic E-state index is -1.01. The molecule has 40 heavy (non-hydrogen) atoms. The third-order valence-corrected chi connectivity index (χ3v) is 5.83. The van der Waals surface area contributed by atoms with Crippen LogP contribution in [-0.4, -0.2) is 56.4 Å². The molecule has 0 spiro atoms. The highest BCUT2D eigenvalue weighted by Gasteiger charge is 2.22. The van der Waals surface area contributed by atoms with Crippen molar-refractivity contribution in [2.75, 3.05) is 13.1 Å². The van der Waals surface area contributed by atoms with Crippen molar-refractivity contribution < 1.29 is 32.9 Å². The SMILES string of the molecule is CCc1nc(-c2ccc(OC(CC)c3nc(-c4ccc(C(=O)N[C@H](C)CNCC(=O)O)c(F)c4)no3)cc2)no1. The van der Waals surface area contributed by atoms with E-state index in [-0.39, 0.29) is 30.4 Å². The molecular formula is C27H29FN6O6. The smallest absolute Gasteiger partial charge is 0.317 e. The third-order valence-electron chi connectivity index (χ3n) is 5.83. The quantitative estimate of drug-likeness (QED) is 0.221. The fourth-order valence-electron chi connectivity index (χ4n) is 3.74. The highest BCUT2D eigenvalue weighted by molar-refractivity contribution is 5.95. The Bertz CT molecular complexity index is 1450. The fourth-order valence-corrected chi connectivity index (χ4v) is 3.74. The summed E-state index contributed by atoms with van der Waals surface area (Å²) in [4.78, 5) is 31.8. The number of carbonyl (C=O) groups excluding carboxylic acids is 1. The van der Waals surface area contributed by atoms with Crippen LogP contribution in [0.25, 0.3) is 22.8 Å². The summed E-state index contributed by atoms with van der Waals surface area (Å²) in [5.41, 5.74) is 0.945. The zero-order chi connectivity index (χ0) is 28.6. The lowest BCUT2D eigenvalue weighted by molar-refractivity contribution is -0.135. The molecule has 2 heterocycles. The lowest BCUT2D eigenvalue weighted by atomic mass is 10.1. The number of carbonyl (C=O) groups is 2. The predicted octanol–water partition coefficient (Wildman–Crippen LogP) is 3.81. The molecule has 2 aromatic heterocycles. The van der Waals surface area contributed by atoms with E-state index in [9.17, 15) is 14.0 Å². The van der Waals surface area contributed by atoms with Crippen molar-refractivity contribution in [1.29, 1.82) is 0 Å². The number of rotatable bonds is 13. The summed E-state index contributed by atoms with van der Waals surface area (Å²) in [6.07, 6.45) is 0.635. The van der Waals surface area contributed by atoms with Crippen molar-refractivity contribution in [1.82, 2.24) is 30.9 Å². The van der Waals surface area contributed by atoms with E-state index >= 15 is 0 Å². The number of aliphatic carboxylic acids is 1. The van der Waals surface area contributed by atoms with E-state index in [0.29, 0.717) is 35.9 Å². The molecule has 0 bridgehead atoms. The molecule has 0 aliphatic rings. The van der Waals surface area contributed by atoms with Crippen LogP contribution in [0.4, 0.5) is 4.39 Å². The van der Waals surface area contributed by atoms with Crippen LogP contribution in [-0.2, 0) is 11.2 Å². The second kappa shape index (κ2) is 12.9. The van der Waals surface area contributed by atoms with Crippen LogP contribution in [0.2, 0.25) is 0 Å². The van der Waals surface area contributed by atoms with E-state index in [2.05, 4.69) is 30.9 Å². The molecule has 3 N–H and O–H groups in total. The van der Waals surface area contributed by atoms with Gasteiger partial charge in [0.1, 0.15) is 11.6 Å². The summed E-state index contributed by atoms with van der Waals surface area (Å²) in [6, 6.07) is 10.8. The van der Waals surface area contributed by atoms with Crippen molar-refractivity contribution in [3.05, 3.63) is 65.6 Å². The van der Waals surface area contributed by atoms with E-state index in [1.165, 1.54) is 12.1 Å². The van der Waals surface area contributed by atoms with Crippen molar-refractivity contribution in [2.45, 2.75) is 45.8 Å². The van der Waals surface area contributed by atoms with Gasteiger partial charge in [-0.1, -0.05) is 30.2 Å². The van der Waals surface area contributed by atoms with Crippen LogP contribution in [0.3, 0.4) is 0 Å². The molecule has 0 saturated carbocycles. The number of nitrogens with one attached hydrogen (secondary N) is 2. The first-order valence-electron chi connectivity index (χ1n) is 12.7. The van der Waals surface area contributed by atoms with Gasteiger partial charge in [-0.05, 0) is 49.7 Å². The van der Waals surface area contributed by atoms with Gasteiger partial charge < -0.3 is 29.5 Å². The average Bonchev–Trinajstić information content (AvgIpc) is 3.62. The number of carboxylic acid groups (broad SMARTS) is 1. The summed E-state index contributed by atoms with van der Waals surface area (Å²) in [7, 11) is 0. The molecule has 210 valence electrons. The van der Waals surface area contributed by atoms with E-state index in [0.717, 1.165) is 11.6 Å². The van der Waals surface area contributed by atoms with Gasteiger partial charge in [0.05, 0.1) is 12.1 Å². The Labute approximate surface area is 228 Å². The molecule has 4 aromatic rings. The number of nitrogens with zero attached hydrogens (tertiary/aromatic N) is 4. The minimum absolute atomic E-state index is 0.147. The molecule has 1 amide bonds. The first-order chi connectivity index (χ1) is 19.3. The predicted molar refractivity (Wildman–Crippen MR) is 140 cm³/mol. The highest BCUT2D eigenvalue weighted by Crippen LogP contribution is 2.28. The van der Waals surface area contributed by atoms with E-state index in [1.807, 2.05) is 26.0 Å². The molecule has 2 aromatic carbocycles. The Balaban J connectivity index is 1.39. The van der Waals surface area contributed by atoms with Gasteiger partial charge in [0.2, 0.25) is 17.5 Å². The van der Waals surface area contributed by atoms with Crippen LogP contribution in [0.15, 0.2) is 51.5 Å². The maximum absolute atomic E-state index is 14.8. The van der Waals surface area contributed by atoms with Crippen molar-refractivity contribution in [3.8, 4) is 28.5 Å². The number of benzene rings is 2. The fraction of sp³-hybridized carbons (Fsp3) is 0.333. The van der Waals surface area contributed by atoms with Crippen molar-refractivity contribution in [2.24, 2.45) is 0 Å². The molecule has 0 aliphatic carbocycles. The summed E-state index contributed by atoms with van der Waals surface area (Å²) in [6.45, 7) is 5.48. The second-order valence-electron chi connectivity index (χ2n) is 8.95. The van der Waals surface area contributed by atoms with Gasteiger partial charge in [-0.2, -0.15) is 9.97 Å². The standard InChI is InChI=1S/C27H29FN6O6/c1-4-21(38-18-9-6-16(7-10-18)24-31-22(5-2)39-33-24)27-32-25(34-40-27)17-8-11-19(20(28)12-17)26(37)30-15(3)13-29-14-23(35)36/h6-12,15,21,29H,4-5,13-14H2,1-3H3,(H,30,37)(H,35,36)/t15-,21?/m1/s1. The normalized spacial score (nSPS) is 12.6. The Morgan fingerprint density at radius 3 is 2.38 bits per heavy atom. The van der Waals surface area contributed by atoms with Gasteiger partial charge in [0.15, 0.2) is 6.10 Å². The molecule has 1 unspecified atom stereocenters. The molecule has 4 rings (SSSR count). The van der Waals surface area contributed by atoms with E-state index < -0.39 is 29.8 Å². The largest absolute Gasteiger partial charge is 0.481 e. The zero-order valence-corrected chi connectivity index (χ0v) is 22.2. The first-order valence-corrected chi connectivity index (χ1v) is 12.7. The van der Waals surface area contributed by atoms with Gasteiger partial charge in [-0.15, -0.1) is 0 Å². The lowest BCUT2D eigenvalue weighted by Gasteiger charge is -2.14. The van der Waals surface area contributed by atoms with Gasteiger partial charge in [0, 0.05) is 30.1 Å². The maximum atomic E-state index is 14.8. The van der Waals surface area contributed by atoms with Crippen molar-refractivity contribution >= 4 is 11.9 Å². The Morgan fingerprint density at radius 1 is 1.02 bits per heavy atom. The molecule has 0 radical (unpaired) electrons. The van der Waals surface area contributed by atoms with Crippen LogP contribution in [0.1, 0.15) is 55.4 Å². The molecule has 0 fully saturated rings. The monoisotopic (exact) mass is 552 g/mol. The van der Waals surface area contributed by atoms with Crippen LogP contribution in [0.5, 0.6) is 5.75 Å². The Kier molecular flexibility index (Phi) is 9.17. The van der Waals surface area contributed by atoms with Gasteiger partial charge in [-0.3, -0.25) is 9.59 Å². The summed E-state index contributed by atoms with van der Waals surface area (Å²) in [5.74, 6) is -0.406. The summed E-state index contributed by atoms with van der Waals surface area (Å²) >= 11 is 0. The van der Waals surface area contributed by atoms with Gasteiger partial charge in [-0.25, -0.2) is 4.39 Å². The number of hydrogen-bond donors (Lipinski definition) is 3. The second-order valence-corrected chi connectivity index (χ2v) is 8.95. The topological polar surface area (TPSA) is 166 Å². The lowest BCUT2D eigenvalue weighted by Crippen LogP contribution is -2.41. The number of ether oxygens (including phenoxy) is 1. The number of aryl methyl sites for hydroxylation is 1. The Hall–Kier alpha value is -4.65. The Morgan fingerprint density at radius 2 is 1.73 bits per heavy atom. The molecular weight excluding hydrogens is 523 g/mol. The van der Waals surface area contributed by atoms with Crippen LogP contribution >= 0.6 is 0 Å². The first kappa shape index (κ1) is 28.4. The van der Waals surface area contributed by atoms with E-state index in [1.54, 1.807) is 19.1 Å². The van der Waals surface area contributed by atoms with Gasteiger partial charge >= 0.3 is 5.97 Å². The summed E-state index contributed by atoms with van der Waals surface area (Å²) < 4.78 is 31.4. The molecule has 12 nitrogen and oxygen atoms in total. The van der Waals surface area contributed by atoms with Gasteiger partial charge in [0.25, 0.3) is 11.8 Å². The maximum Gasteiger partial charge on any atom is 0.317 e. The molecule has 0 saturated heterocycles. The number of amides is 1. The number of carboxylic acids is 1. The molecule has 13 heteroatoms. The highest BCUT2D eigenvalue weighted by atomic mass is 19.1. The van der Waals surface area contributed by atoms with E-state index in [4.69, 9.17) is 18.9 Å². The third kappa shape index (κ3) is 7.05. The number of aromatic nitrogens is 4. The average molecular weight is 553 g/mol. The number of halogens is 1. The minimum Gasteiger partial charge on any atom is -0.481 e. The number of hydrogen-bond acceptors (Lipinski definition) is 10. The zero-order valence-electron chi connectivity index (χ0n) is 22.2. The molecule has 0 aliphatic heterocycles. The molecule has 2 atom stereocenters. The van der Waals surface area contributed by atoms with Crippen LogP contribution < -0.4 is 15.4 Å².